The number of carbonyl (C=O) groups is 1. The van der Waals surface area contributed by atoms with Crippen LogP contribution in [0.4, 0.5) is 5.69 Å². The number of aromatic nitrogens is 1. The molecule has 28 heavy (non-hydrogen) atoms. The molecule has 8 heteroatoms. The Hall–Kier alpha value is -2.29. The number of hydrogen-bond donors (Lipinski definition) is 1. The molecule has 0 bridgehead atoms. The summed E-state index contributed by atoms with van der Waals surface area (Å²) in [6.07, 6.45) is 3.08. The SMILES string of the molecule is Cc1cc(C)c(S(=O)(=O)N2CCN(C)CC2)c(C)c1NC(=O)c1cccnc1. The molecular weight excluding hydrogens is 376 g/mol. The van der Waals surface area contributed by atoms with Crippen molar-refractivity contribution in [2.24, 2.45) is 0 Å². The van der Waals surface area contributed by atoms with Gasteiger partial charge < -0.3 is 10.2 Å². The zero-order chi connectivity index (χ0) is 20.5. The molecule has 1 fully saturated rings. The summed E-state index contributed by atoms with van der Waals surface area (Å²) in [6.45, 7) is 7.75. The number of nitrogens with zero attached hydrogens (tertiary/aromatic N) is 3. The van der Waals surface area contributed by atoms with Gasteiger partial charge in [0.15, 0.2) is 0 Å². The molecule has 1 amide bonds. The van der Waals surface area contributed by atoms with E-state index in [1.165, 1.54) is 10.5 Å². The highest BCUT2D eigenvalue weighted by molar-refractivity contribution is 7.89. The first-order chi connectivity index (χ1) is 13.2. The summed E-state index contributed by atoms with van der Waals surface area (Å²) in [6, 6.07) is 5.17. The first kappa shape index (κ1) is 20.4. The van der Waals surface area contributed by atoms with Crippen molar-refractivity contribution in [3.63, 3.8) is 0 Å². The lowest BCUT2D eigenvalue weighted by molar-refractivity contribution is 0.102. The van der Waals surface area contributed by atoms with Gasteiger partial charge in [0.05, 0.1) is 10.5 Å². The molecule has 150 valence electrons. The summed E-state index contributed by atoms with van der Waals surface area (Å²) in [4.78, 5) is 18.9. The molecule has 7 nitrogen and oxygen atoms in total. The maximum Gasteiger partial charge on any atom is 0.257 e. The Morgan fingerprint density at radius 1 is 1.11 bits per heavy atom. The molecule has 2 heterocycles. The van der Waals surface area contributed by atoms with Crippen LogP contribution in [0.25, 0.3) is 0 Å². The van der Waals surface area contributed by atoms with Gasteiger partial charge >= 0.3 is 0 Å². The van der Waals surface area contributed by atoms with Gasteiger partial charge in [-0.2, -0.15) is 4.31 Å². The highest BCUT2D eigenvalue weighted by atomic mass is 32.2. The van der Waals surface area contributed by atoms with Gasteiger partial charge in [-0.25, -0.2) is 8.42 Å². The van der Waals surface area contributed by atoms with Crippen molar-refractivity contribution in [1.82, 2.24) is 14.2 Å². The number of nitrogens with one attached hydrogen (secondary N) is 1. The van der Waals surface area contributed by atoms with Crippen molar-refractivity contribution in [2.75, 3.05) is 38.5 Å². The second-order valence-corrected chi connectivity index (χ2v) is 9.12. The molecule has 0 saturated carbocycles. The van der Waals surface area contributed by atoms with Crippen LogP contribution in [-0.4, -0.2) is 61.7 Å². The number of pyridine rings is 1. The lowest BCUT2D eigenvalue weighted by atomic mass is 10.0. The van der Waals surface area contributed by atoms with Crippen LogP contribution in [0.3, 0.4) is 0 Å². The number of aryl methyl sites for hydroxylation is 2. The monoisotopic (exact) mass is 402 g/mol. The molecule has 0 spiro atoms. The van der Waals surface area contributed by atoms with E-state index in [0.717, 1.165) is 5.56 Å². The smallest absolute Gasteiger partial charge is 0.257 e. The normalized spacial score (nSPS) is 16.1. The van der Waals surface area contributed by atoms with E-state index in [1.54, 1.807) is 32.2 Å². The molecule has 1 aliphatic heterocycles. The Morgan fingerprint density at radius 3 is 2.39 bits per heavy atom. The van der Waals surface area contributed by atoms with E-state index in [1.807, 2.05) is 20.0 Å². The minimum atomic E-state index is -3.64. The number of sulfonamides is 1. The van der Waals surface area contributed by atoms with Crippen molar-refractivity contribution < 1.29 is 13.2 Å². The topological polar surface area (TPSA) is 82.6 Å². The summed E-state index contributed by atoms with van der Waals surface area (Å²) >= 11 is 0. The maximum absolute atomic E-state index is 13.3. The summed E-state index contributed by atoms with van der Waals surface area (Å²) in [5, 5.41) is 2.87. The molecule has 1 N–H and O–H groups in total. The van der Waals surface area contributed by atoms with E-state index < -0.39 is 10.0 Å². The molecule has 1 aromatic carbocycles. The summed E-state index contributed by atoms with van der Waals surface area (Å²) in [7, 11) is -1.66. The summed E-state index contributed by atoms with van der Waals surface area (Å²) in [5.74, 6) is -0.314. The van der Waals surface area contributed by atoms with Crippen LogP contribution >= 0.6 is 0 Å². The fourth-order valence-electron chi connectivity index (χ4n) is 3.60. The molecule has 0 unspecified atom stereocenters. The van der Waals surface area contributed by atoms with Crippen LogP contribution in [-0.2, 0) is 10.0 Å². The van der Waals surface area contributed by atoms with Crippen LogP contribution in [0.2, 0.25) is 0 Å². The Balaban J connectivity index is 1.99. The maximum atomic E-state index is 13.3. The van der Waals surface area contributed by atoms with Gasteiger partial charge in [-0.15, -0.1) is 0 Å². The molecule has 0 atom stereocenters. The minimum Gasteiger partial charge on any atom is -0.321 e. The van der Waals surface area contributed by atoms with Gasteiger partial charge in [-0.3, -0.25) is 9.78 Å². The standard InChI is InChI=1S/C20H26N4O3S/c1-14-12-15(2)19(28(26,27)24-10-8-23(4)9-11-24)16(3)18(14)22-20(25)17-6-5-7-21-13-17/h5-7,12-13H,8-11H2,1-4H3,(H,22,25). The third-order valence-electron chi connectivity index (χ3n) is 5.12. The van der Waals surface area contributed by atoms with Crippen LogP contribution in [0.15, 0.2) is 35.5 Å². The number of piperazine rings is 1. The minimum absolute atomic E-state index is 0.282. The van der Waals surface area contributed by atoms with Crippen molar-refractivity contribution in [3.8, 4) is 0 Å². The number of amides is 1. The van der Waals surface area contributed by atoms with E-state index in [0.29, 0.717) is 48.6 Å². The zero-order valence-corrected chi connectivity index (χ0v) is 17.5. The van der Waals surface area contributed by atoms with Gasteiger partial charge in [0.25, 0.3) is 5.91 Å². The molecular formula is C20H26N4O3S. The van der Waals surface area contributed by atoms with Crippen molar-refractivity contribution in [1.29, 1.82) is 0 Å². The molecule has 1 aromatic heterocycles. The molecule has 2 aromatic rings. The third kappa shape index (κ3) is 3.94. The lowest BCUT2D eigenvalue weighted by Gasteiger charge is -2.32. The van der Waals surface area contributed by atoms with Crippen molar-refractivity contribution in [2.45, 2.75) is 25.7 Å². The number of hydrogen-bond acceptors (Lipinski definition) is 5. The first-order valence-corrected chi connectivity index (χ1v) is 10.7. The lowest BCUT2D eigenvalue weighted by Crippen LogP contribution is -2.47. The number of anilines is 1. The number of benzene rings is 1. The second-order valence-electron chi connectivity index (χ2n) is 7.24. The van der Waals surface area contributed by atoms with Gasteiger partial charge in [0, 0.05) is 44.3 Å². The highest BCUT2D eigenvalue weighted by Gasteiger charge is 2.31. The Kier molecular flexibility index (Phi) is 5.83. The molecule has 3 rings (SSSR count). The average molecular weight is 403 g/mol. The quantitative estimate of drug-likeness (QED) is 0.848. The number of likely N-dealkylation sites (N-methyl/N-ethyl adjacent to an activating group) is 1. The van der Waals surface area contributed by atoms with Gasteiger partial charge in [0.2, 0.25) is 10.0 Å². The van der Waals surface area contributed by atoms with Crippen molar-refractivity contribution in [3.05, 3.63) is 52.8 Å². The predicted octanol–water partition coefficient (Wildman–Crippen LogP) is 2.20. The Bertz CT molecular complexity index is 982. The van der Waals surface area contributed by atoms with E-state index >= 15 is 0 Å². The highest BCUT2D eigenvalue weighted by Crippen LogP contribution is 2.32. The van der Waals surface area contributed by atoms with Crippen LogP contribution in [0.5, 0.6) is 0 Å². The Morgan fingerprint density at radius 2 is 1.79 bits per heavy atom. The largest absolute Gasteiger partial charge is 0.321 e. The molecule has 0 radical (unpaired) electrons. The average Bonchev–Trinajstić information content (AvgIpc) is 2.65. The molecule has 1 aliphatic rings. The van der Waals surface area contributed by atoms with E-state index in [-0.39, 0.29) is 10.8 Å². The summed E-state index contributed by atoms with van der Waals surface area (Å²) in [5.41, 5.74) is 3.03. The number of carbonyl (C=O) groups excluding carboxylic acids is 1. The number of rotatable bonds is 4. The van der Waals surface area contributed by atoms with Crippen molar-refractivity contribution >= 4 is 21.6 Å². The van der Waals surface area contributed by atoms with Gasteiger partial charge in [-0.1, -0.05) is 6.07 Å². The van der Waals surface area contributed by atoms with E-state index in [9.17, 15) is 13.2 Å². The Labute approximate surface area is 166 Å². The fourth-order valence-corrected chi connectivity index (χ4v) is 5.45. The van der Waals surface area contributed by atoms with E-state index in [2.05, 4.69) is 15.2 Å². The van der Waals surface area contributed by atoms with E-state index in [4.69, 9.17) is 0 Å². The predicted molar refractivity (Wildman–Crippen MR) is 109 cm³/mol. The third-order valence-corrected chi connectivity index (χ3v) is 7.31. The molecule has 0 aliphatic carbocycles. The fraction of sp³-hybridized carbons (Fsp3) is 0.400. The second kappa shape index (κ2) is 7.98. The van der Waals surface area contributed by atoms with Crippen LogP contribution < -0.4 is 5.32 Å². The van der Waals surface area contributed by atoms with Crippen LogP contribution in [0.1, 0.15) is 27.0 Å². The van der Waals surface area contributed by atoms with Crippen LogP contribution in [0, 0.1) is 20.8 Å². The van der Waals surface area contributed by atoms with Gasteiger partial charge in [-0.05, 0) is 56.6 Å². The zero-order valence-electron chi connectivity index (χ0n) is 16.7. The molecule has 1 saturated heterocycles. The summed E-state index contributed by atoms with van der Waals surface area (Å²) < 4.78 is 28.2. The van der Waals surface area contributed by atoms with Gasteiger partial charge in [0.1, 0.15) is 0 Å². The first-order valence-electron chi connectivity index (χ1n) is 9.22.